The normalized spacial score (nSPS) is 20.1. The molecule has 1 fully saturated rings. The lowest BCUT2D eigenvalue weighted by Crippen LogP contribution is -2.44. The van der Waals surface area contributed by atoms with Crippen LogP contribution in [-0.4, -0.2) is 46.3 Å². The van der Waals surface area contributed by atoms with E-state index in [1.807, 2.05) is 16.7 Å². The molecule has 2 aromatic heterocycles. The van der Waals surface area contributed by atoms with Crippen molar-refractivity contribution in [3.8, 4) is 5.75 Å². The molecule has 1 aromatic carbocycles. The number of hydrogen-bond acceptors (Lipinski definition) is 5. The van der Waals surface area contributed by atoms with Crippen molar-refractivity contribution < 1.29 is 4.74 Å². The topological polar surface area (TPSA) is 68.5 Å². The Bertz CT molecular complexity index is 1300. The second kappa shape index (κ2) is 9.56. The summed E-state index contributed by atoms with van der Waals surface area (Å²) in [7, 11) is 0. The zero-order chi connectivity index (χ0) is 22.4. The standard InChI is InChI=1S/C26H30N4O3.ClH/c31-24-7-5-20-6-8-25(32)30-22(17-29(24)26(20)30)16-28-11-9-21(10-12-28)27-15-18-3-4-19-2-1-13-33-23(19)14-18;/h3-8,14,21-22,27H,1-2,9-13,15-17H2;1H/t22-;/m1./s1. The molecule has 3 aromatic rings. The van der Waals surface area contributed by atoms with E-state index < -0.39 is 0 Å². The summed E-state index contributed by atoms with van der Waals surface area (Å²) in [4.78, 5) is 27.5. The molecule has 5 heterocycles. The Morgan fingerprint density at radius 3 is 2.62 bits per heavy atom. The maximum atomic E-state index is 12.6. The highest BCUT2D eigenvalue weighted by molar-refractivity contribution is 5.85. The number of pyridine rings is 2. The van der Waals surface area contributed by atoms with Crippen LogP contribution in [0.3, 0.4) is 0 Å². The van der Waals surface area contributed by atoms with Gasteiger partial charge in [-0.25, -0.2) is 0 Å². The average molecular weight is 483 g/mol. The van der Waals surface area contributed by atoms with Gasteiger partial charge in [-0.2, -0.15) is 0 Å². The Hall–Kier alpha value is -2.61. The van der Waals surface area contributed by atoms with E-state index in [-0.39, 0.29) is 29.6 Å². The van der Waals surface area contributed by atoms with Crippen molar-refractivity contribution in [3.63, 3.8) is 0 Å². The third-order valence-electron chi connectivity index (χ3n) is 7.45. The lowest BCUT2D eigenvalue weighted by Gasteiger charge is -2.34. The molecule has 1 atom stereocenters. The van der Waals surface area contributed by atoms with E-state index in [2.05, 4.69) is 28.4 Å². The van der Waals surface area contributed by atoms with Gasteiger partial charge in [-0.1, -0.05) is 12.1 Å². The third-order valence-corrected chi connectivity index (χ3v) is 7.45. The quantitative estimate of drug-likeness (QED) is 0.605. The Morgan fingerprint density at radius 1 is 1.00 bits per heavy atom. The van der Waals surface area contributed by atoms with Gasteiger partial charge in [-0.3, -0.25) is 18.7 Å². The molecule has 8 heteroatoms. The molecule has 6 rings (SSSR count). The SMILES string of the molecule is Cl.O=c1ccc2ccc(=O)n3c2n1C[C@H]3CN1CCC(NCc2ccc3c(c2)OCCC3)CC1. The highest BCUT2D eigenvalue weighted by Crippen LogP contribution is 2.27. The monoisotopic (exact) mass is 482 g/mol. The molecule has 7 nitrogen and oxygen atoms in total. The minimum absolute atomic E-state index is 0. The number of rotatable bonds is 5. The predicted octanol–water partition coefficient (Wildman–Crippen LogP) is 2.72. The fraction of sp³-hybridized carbons (Fsp3) is 0.462. The summed E-state index contributed by atoms with van der Waals surface area (Å²) < 4.78 is 9.41. The number of hydrogen-bond donors (Lipinski definition) is 1. The first-order chi connectivity index (χ1) is 16.2. The van der Waals surface area contributed by atoms with E-state index in [1.54, 1.807) is 16.7 Å². The number of ether oxygens (including phenoxy) is 1. The summed E-state index contributed by atoms with van der Waals surface area (Å²) in [5.74, 6) is 1.05. The van der Waals surface area contributed by atoms with Crippen molar-refractivity contribution in [2.45, 2.75) is 50.9 Å². The van der Waals surface area contributed by atoms with Gasteiger partial charge in [0.2, 0.25) is 0 Å². The second-order valence-corrected chi connectivity index (χ2v) is 9.61. The maximum absolute atomic E-state index is 12.6. The van der Waals surface area contributed by atoms with E-state index in [0.29, 0.717) is 12.6 Å². The molecule has 0 spiro atoms. The van der Waals surface area contributed by atoms with Gasteiger partial charge < -0.3 is 15.0 Å². The highest BCUT2D eigenvalue weighted by Gasteiger charge is 2.29. The Kier molecular flexibility index (Phi) is 6.51. The van der Waals surface area contributed by atoms with E-state index in [0.717, 1.165) is 75.3 Å². The van der Waals surface area contributed by atoms with Crippen LogP contribution in [0, 0.1) is 0 Å². The fourth-order valence-corrected chi connectivity index (χ4v) is 5.67. The molecule has 0 saturated carbocycles. The first-order valence-corrected chi connectivity index (χ1v) is 12.1. The van der Waals surface area contributed by atoms with Crippen LogP contribution in [0.4, 0.5) is 0 Å². The molecule has 0 radical (unpaired) electrons. The van der Waals surface area contributed by atoms with Crippen molar-refractivity contribution in [2.75, 3.05) is 26.2 Å². The van der Waals surface area contributed by atoms with Gasteiger partial charge >= 0.3 is 0 Å². The molecular weight excluding hydrogens is 452 g/mol. The molecular formula is C26H31ClN4O3. The minimum Gasteiger partial charge on any atom is -0.493 e. The molecule has 0 bridgehead atoms. The van der Waals surface area contributed by atoms with Crippen LogP contribution in [0.25, 0.3) is 11.0 Å². The number of aryl methyl sites for hydroxylation is 1. The van der Waals surface area contributed by atoms with Crippen molar-refractivity contribution in [2.24, 2.45) is 0 Å². The summed E-state index contributed by atoms with van der Waals surface area (Å²) >= 11 is 0. The van der Waals surface area contributed by atoms with E-state index in [4.69, 9.17) is 4.74 Å². The molecule has 3 aliphatic rings. The van der Waals surface area contributed by atoms with Gasteiger partial charge in [0.15, 0.2) is 0 Å². The van der Waals surface area contributed by atoms with Gasteiger partial charge in [0.25, 0.3) is 11.1 Å². The number of halogens is 1. The van der Waals surface area contributed by atoms with Gasteiger partial charge in [0.1, 0.15) is 11.4 Å². The summed E-state index contributed by atoms with van der Waals surface area (Å²) in [5, 5.41) is 4.67. The van der Waals surface area contributed by atoms with Crippen LogP contribution in [0.2, 0.25) is 0 Å². The number of benzene rings is 1. The molecule has 1 saturated heterocycles. The highest BCUT2D eigenvalue weighted by atomic mass is 35.5. The van der Waals surface area contributed by atoms with Gasteiger partial charge in [0, 0.05) is 43.2 Å². The predicted molar refractivity (Wildman–Crippen MR) is 135 cm³/mol. The number of aromatic nitrogens is 2. The first kappa shape index (κ1) is 23.1. The van der Waals surface area contributed by atoms with Crippen LogP contribution in [0.1, 0.15) is 36.4 Å². The lowest BCUT2D eigenvalue weighted by molar-refractivity contribution is 0.171. The minimum atomic E-state index is -0.0279. The van der Waals surface area contributed by atoms with E-state index in [1.165, 1.54) is 11.1 Å². The van der Waals surface area contributed by atoms with Crippen LogP contribution >= 0.6 is 12.4 Å². The molecule has 0 unspecified atom stereocenters. The molecule has 0 amide bonds. The van der Waals surface area contributed by atoms with Crippen molar-refractivity contribution in [3.05, 3.63) is 74.3 Å². The van der Waals surface area contributed by atoms with Crippen molar-refractivity contribution >= 4 is 23.4 Å². The van der Waals surface area contributed by atoms with Gasteiger partial charge in [0.05, 0.1) is 12.6 Å². The van der Waals surface area contributed by atoms with Gasteiger partial charge in [-0.05, 0) is 68.1 Å². The van der Waals surface area contributed by atoms with Gasteiger partial charge in [-0.15, -0.1) is 12.4 Å². The summed E-state index contributed by atoms with van der Waals surface area (Å²) in [6, 6.07) is 14.0. The zero-order valence-electron chi connectivity index (χ0n) is 19.2. The van der Waals surface area contributed by atoms with Crippen molar-refractivity contribution in [1.82, 2.24) is 19.4 Å². The number of fused-ring (bicyclic) bond motifs is 1. The zero-order valence-corrected chi connectivity index (χ0v) is 20.1. The summed E-state index contributed by atoms with van der Waals surface area (Å²) in [6.07, 6.45) is 4.39. The lowest BCUT2D eigenvalue weighted by atomic mass is 10.0. The number of nitrogens with one attached hydrogen (secondary N) is 1. The van der Waals surface area contributed by atoms with Crippen LogP contribution in [-0.2, 0) is 19.5 Å². The smallest absolute Gasteiger partial charge is 0.252 e. The van der Waals surface area contributed by atoms with Crippen LogP contribution < -0.4 is 21.2 Å². The second-order valence-electron chi connectivity index (χ2n) is 9.61. The Labute approximate surface area is 204 Å². The molecule has 34 heavy (non-hydrogen) atoms. The number of likely N-dealkylation sites (tertiary alicyclic amines) is 1. The van der Waals surface area contributed by atoms with Crippen LogP contribution in [0.5, 0.6) is 5.75 Å². The number of nitrogens with zero attached hydrogens (tertiary/aromatic N) is 3. The van der Waals surface area contributed by atoms with E-state index >= 15 is 0 Å². The Balaban J connectivity index is 0.00000241. The maximum Gasteiger partial charge on any atom is 0.252 e. The Morgan fingerprint density at radius 2 is 1.79 bits per heavy atom. The first-order valence-electron chi connectivity index (χ1n) is 12.1. The third kappa shape index (κ3) is 4.28. The molecule has 180 valence electrons. The largest absolute Gasteiger partial charge is 0.493 e. The summed E-state index contributed by atoms with van der Waals surface area (Å²) in [6.45, 7) is 5.06. The van der Waals surface area contributed by atoms with Crippen molar-refractivity contribution in [1.29, 1.82) is 0 Å². The number of piperidine rings is 1. The molecule has 1 N–H and O–H groups in total. The fourth-order valence-electron chi connectivity index (χ4n) is 5.67. The average Bonchev–Trinajstić information content (AvgIpc) is 3.23. The van der Waals surface area contributed by atoms with E-state index in [9.17, 15) is 9.59 Å². The summed E-state index contributed by atoms with van der Waals surface area (Å²) in [5.41, 5.74) is 3.32. The molecule has 3 aliphatic heterocycles. The van der Waals surface area contributed by atoms with Crippen LogP contribution in [0.15, 0.2) is 52.1 Å². The molecule has 0 aliphatic carbocycles.